The molecular formula is C11H19NO3. The standard InChI is InChI=1S/C11H19NO3/c1-15-7-8-4-5-12(6-8)10(11(13)14)9-2-3-9/h8-10H,2-7H2,1H3,(H,13,14). The van der Waals surface area contributed by atoms with Gasteiger partial charge in [-0.25, -0.2) is 0 Å². The molecule has 0 amide bonds. The van der Waals surface area contributed by atoms with Crippen LogP contribution in [0.2, 0.25) is 0 Å². The molecule has 2 aliphatic rings. The second-order valence-corrected chi connectivity index (χ2v) is 4.73. The number of hydrogen-bond donors (Lipinski definition) is 1. The maximum Gasteiger partial charge on any atom is 0.321 e. The highest BCUT2D eigenvalue weighted by atomic mass is 16.5. The summed E-state index contributed by atoms with van der Waals surface area (Å²) in [4.78, 5) is 13.3. The Bertz CT molecular complexity index is 240. The Morgan fingerprint density at radius 1 is 1.53 bits per heavy atom. The van der Waals surface area contributed by atoms with E-state index in [-0.39, 0.29) is 6.04 Å². The van der Waals surface area contributed by atoms with Crippen molar-refractivity contribution in [2.45, 2.75) is 25.3 Å². The normalized spacial score (nSPS) is 29.3. The molecule has 0 aromatic carbocycles. The minimum Gasteiger partial charge on any atom is -0.480 e. The molecule has 1 aliphatic carbocycles. The first-order valence-corrected chi connectivity index (χ1v) is 5.68. The lowest BCUT2D eigenvalue weighted by Gasteiger charge is -2.23. The molecule has 2 rings (SSSR count). The van der Waals surface area contributed by atoms with Crippen molar-refractivity contribution in [3.63, 3.8) is 0 Å². The van der Waals surface area contributed by atoms with Crippen LogP contribution in [0.4, 0.5) is 0 Å². The van der Waals surface area contributed by atoms with Gasteiger partial charge in [-0.15, -0.1) is 0 Å². The van der Waals surface area contributed by atoms with Crippen LogP contribution in [0.3, 0.4) is 0 Å². The van der Waals surface area contributed by atoms with Crippen molar-refractivity contribution in [2.75, 3.05) is 26.8 Å². The summed E-state index contributed by atoms with van der Waals surface area (Å²) in [7, 11) is 1.71. The smallest absolute Gasteiger partial charge is 0.321 e. The van der Waals surface area contributed by atoms with E-state index in [2.05, 4.69) is 4.90 Å². The van der Waals surface area contributed by atoms with E-state index in [0.29, 0.717) is 11.8 Å². The molecule has 0 aromatic rings. The molecule has 0 aromatic heterocycles. The molecule has 1 aliphatic heterocycles. The summed E-state index contributed by atoms with van der Waals surface area (Å²) < 4.78 is 5.12. The monoisotopic (exact) mass is 213 g/mol. The SMILES string of the molecule is COCC1CCN(C(C(=O)O)C2CC2)C1. The molecule has 1 N–H and O–H groups in total. The van der Waals surface area contributed by atoms with E-state index < -0.39 is 5.97 Å². The summed E-state index contributed by atoms with van der Waals surface area (Å²) in [5.74, 6) is 0.287. The van der Waals surface area contributed by atoms with Gasteiger partial charge >= 0.3 is 5.97 Å². The van der Waals surface area contributed by atoms with Crippen molar-refractivity contribution >= 4 is 5.97 Å². The van der Waals surface area contributed by atoms with Gasteiger partial charge in [0.25, 0.3) is 0 Å². The summed E-state index contributed by atoms with van der Waals surface area (Å²) in [6.45, 7) is 2.57. The Kier molecular flexibility index (Phi) is 3.26. The average molecular weight is 213 g/mol. The fourth-order valence-corrected chi connectivity index (χ4v) is 2.55. The minimum absolute atomic E-state index is 0.230. The Morgan fingerprint density at radius 2 is 2.27 bits per heavy atom. The molecule has 2 fully saturated rings. The molecule has 2 unspecified atom stereocenters. The van der Waals surface area contributed by atoms with E-state index in [1.165, 1.54) is 0 Å². The summed E-state index contributed by atoms with van der Waals surface area (Å²) in [5, 5.41) is 9.19. The molecule has 0 radical (unpaired) electrons. The Labute approximate surface area is 90.2 Å². The molecule has 15 heavy (non-hydrogen) atoms. The quantitative estimate of drug-likeness (QED) is 0.734. The van der Waals surface area contributed by atoms with Crippen molar-refractivity contribution in [2.24, 2.45) is 11.8 Å². The zero-order chi connectivity index (χ0) is 10.8. The lowest BCUT2D eigenvalue weighted by Crippen LogP contribution is -2.41. The zero-order valence-corrected chi connectivity index (χ0v) is 9.19. The molecule has 86 valence electrons. The van der Waals surface area contributed by atoms with E-state index in [9.17, 15) is 9.90 Å². The molecule has 2 atom stereocenters. The maximum absolute atomic E-state index is 11.2. The van der Waals surface area contributed by atoms with Crippen LogP contribution in [0.15, 0.2) is 0 Å². The number of carboxylic acid groups (broad SMARTS) is 1. The first-order chi connectivity index (χ1) is 7.22. The number of methoxy groups -OCH3 is 1. The van der Waals surface area contributed by atoms with Gasteiger partial charge in [0.05, 0.1) is 6.61 Å². The number of aliphatic carboxylic acids is 1. The molecule has 1 saturated heterocycles. The Morgan fingerprint density at radius 3 is 2.80 bits per heavy atom. The summed E-state index contributed by atoms with van der Waals surface area (Å²) in [6, 6.07) is -0.230. The van der Waals surface area contributed by atoms with Gasteiger partial charge in [-0.2, -0.15) is 0 Å². The highest BCUT2D eigenvalue weighted by Gasteiger charge is 2.42. The minimum atomic E-state index is -0.643. The van der Waals surface area contributed by atoms with Crippen molar-refractivity contribution in [3.05, 3.63) is 0 Å². The first kappa shape index (κ1) is 10.9. The van der Waals surface area contributed by atoms with Crippen LogP contribution in [0.1, 0.15) is 19.3 Å². The third kappa shape index (κ3) is 2.49. The van der Waals surface area contributed by atoms with Gasteiger partial charge in [0.1, 0.15) is 6.04 Å². The molecule has 0 bridgehead atoms. The number of carboxylic acids is 1. The summed E-state index contributed by atoms with van der Waals surface area (Å²) in [6.07, 6.45) is 3.25. The molecule has 1 heterocycles. The van der Waals surface area contributed by atoms with Crippen molar-refractivity contribution < 1.29 is 14.6 Å². The number of likely N-dealkylation sites (tertiary alicyclic amines) is 1. The summed E-state index contributed by atoms with van der Waals surface area (Å²) in [5.41, 5.74) is 0. The second kappa shape index (κ2) is 4.49. The fourth-order valence-electron chi connectivity index (χ4n) is 2.55. The highest BCUT2D eigenvalue weighted by molar-refractivity contribution is 5.74. The maximum atomic E-state index is 11.2. The predicted octanol–water partition coefficient (Wildman–Crippen LogP) is 0.818. The Balaban J connectivity index is 1.89. The van der Waals surface area contributed by atoms with E-state index in [1.54, 1.807) is 7.11 Å². The van der Waals surface area contributed by atoms with Crippen LogP contribution < -0.4 is 0 Å². The van der Waals surface area contributed by atoms with Gasteiger partial charge in [-0.3, -0.25) is 9.69 Å². The highest BCUT2D eigenvalue weighted by Crippen LogP contribution is 2.37. The van der Waals surface area contributed by atoms with E-state index in [1.807, 2.05) is 0 Å². The lowest BCUT2D eigenvalue weighted by atomic mass is 10.1. The molecular weight excluding hydrogens is 194 g/mol. The van der Waals surface area contributed by atoms with Gasteiger partial charge in [0, 0.05) is 13.7 Å². The van der Waals surface area contributed by atoms with Gasteiger partial charge in [0.15, 0.2) is 0 Å². The third-order valence-corrected chi connectivity index (χ3v) is 3.43. The summed E-state index contributed by atoms with van der Waals surface area (Å²) >= 11 is 0. The van der Waals surface area contributed by atoms with Crippen LogP contribution >= 0.6 is 0 Å². The largest absolute Gasteiger partial charge is 0.480 e. The van der Waals surface area contributed by atoms with Crippen LogP contribution in [-0.4, -0.2) is 48.8 Å². The van der Waals surface area contributed by atoms with E-state index in [4.69, 9.17) is 4.74 Å². The molecule has 4 heteroatoms. The van der Waals surface area contributed by atoms with Crippen LogP contribution in [0.25, 0.3) is 0 Å². The first-order valence-electron chi connectivity index (χ1n) is 5.68. The fraction of sp³-hybridized carbons (Fsp3) is 0.909. The molecule has 4 nitrogen and oxygen atoms in total. The molecule has 0 spiro atoms. The van der Waals surface area contributed by atoms with Gasteiger partial charge in [0.2, 0.25) is 0 Å². The Hall–Kier alpha value is -0.610. The van der Waals surface area contributed by atoms with Crippen molar-refractivity contribution in [1.29, 1.82) is 0 Å². The number of rotatable bonds is 5. The van der Waals surface area contributed by atoms with E-state index in [0.717, 1.165) is 39.0 Å². The molecule has 1 saturated carbocycles. The van der Waals surface area contributed by atoms with Gasteiger partial charge in [-0.05, 0) is 37.6 Å². The van der Waals surface area contributed by atoms with Crippen LogP contribution in [-0.2, 0) is 9.53 Å². The average Bonchev–Trinajstić information content (AvgIpc) is 2.88. The predicted molar refractivity (Wildman–Crippen MR) is 55.7 cm³/mol. The van der Waals surface area contributed by atoms with Gasteiger partial charge < -0.3 is 9.84 Å². The van der Waals surface area contributed by atoms with Gasteiger partial charge in [-0.1, -0.05) is 0 Å². The van der Waals surface area contributed by atoms with Crippen LogP contribution in [0, 0.1) is 11.8 Å². The van der Waals surface area contributed by atoms with Crippen molar-refractivity contribution in [1.82, 2.24) is 4.90 Å². The van der Waals surface area contributed by atoms with E-state index >= 15 is 0 Å². The second-order valence-electron chi connectivity index (χ2n) is 4.73. The third-order valence-electron chi connectivity index (χ3n) is 3.43. The lowest BCUT2D eigenvalue weighted by molar-refractivity contribution is -0.143. The van der Waals surface area contributed by atoms with Crippen LogP contribution in [0.5, 0.6) is 0 Å². The number of nitrogens with zero attached hydrogens (tertiary/aromatic N) is 1. The number of hydrogen-bond acceptors (Lipinski definition) is 3. The zero-order valence-electron chi connectivity index (χ0n) is 9.19. The van der Waals surface area contributed by atoms with Crippen molar-refractivity contribution in [3.8, 4) is 0 Å². The number of ether oxygens (including phenoxy) is 1. The topological polar surface area (TPSA) is 49.8 Å². The number of carbonyl (C=O) groups is 1.